The van der Waals surface area contributed by atoms with Crippen LogP contribution in [0.4, 0.5) is 5.69 Å². The Morgan fingerprint density at radius 2 is 1.79 bits per heavy atom. The molecule has 0 saturated carbocycles. The predicted octanol–water partition coefficient (Wildman–Crippen LogP) is 4.71. The van der Waals surface area contributed by atoms with Crippen LogP contribution in [0.2, 0.25) is 5.02 Å². The number of rotatable bonds is 5. The van der Waals surface area contributed by atoms with Crippen molar-refractivity contribution in [3.8, 4) is 17.2 Å². The zero-order chi connectivity index (χ0) is 20.3. The maximum atomic E-state index is 12.6. The van der Waals surface area contributed by atoms with Gasteiger partial charge in [-0.05, 0) is 42.5 Å². The van der Waals surface area contributed by atoms with Crippen LogP contribution < -0.4 is 24.8 Å². The molecule has 0 unspecified atom stereocenters. The predicted molar refractivity (Wildman–Crippen MR) is 117 cm³/mol. The molecule has 0 bridgehead atoms. The zero-order valence-corrected chi connectivity index (χ0v) is 17.7. The van der Waals surface area contributed by atoms with Gasteiger partial charge in [0, 0.05) is 21.8 Å². The van der Waals surface area contributed by atoms with E-state index >= 15 is 0 Å². The molecule has 2 aromatic carbocycles. The smallest absolute Gasteiger partial charge is 0.269 e. The van der Waals surface area contributed by atoms with E-state index in [1.807, 2.05) is 12.1 Å². The Labute approximate surface area is 176 Å². The quantitative estimate of drug-likeness (QED) is 0.564. The van der Waals surface area contributed by atoms with Gasteiger partial charge in [0.15, 0.2) is 16.6 Å². The molecule has 2 N–H and O–H groups in total. The minimum absolute atomic E-state index is 0.142. The summed E-state index contributed by atoms with van der Waals surface area (Å²) in [5.41, 5.74) is 0.648. The third kappa shape index (κ3) is 4.14. The summed E-state index contributed by atoms with van der Waals surface area (Å²) in [4.78, 5) is 13.0. The summed E-state index contributed by atoms with van der Waals surface area (Å²) < 4.78 is 16.5. The molecule has 3 aromatic rings. The largest absolute Gasteiger partial charge is 0.497 e. The molecule has 0 atom stereocenters. The number of benzene rings is 2. The van der Waals surface area contributed by atoms with Crippen LogP contribution in [0.25, 0.3) is 10.1 Å². The van der Waals surface area contributed by atoms with Crippen LogP contribution in [0.15, 0.2) is 36.4 Å². The summed E-state index contributed by atoms with van der Waals surface area (Å²) in [6, 6.07) is 10.7. The van der Waals surface area contributed by atoms with Crippen LogP contribution in [-0.4, -0.2) is 32.3 Å². The van der Waals surface area contributed by atoms with Crippen molar-refractivity contribution >= 4 is 61.9 Å². The number of halogens is 1. The topological polar surface area (TPSA) is 68.8 Å². The van der Waals surface area contributed by atoms with Crippen molar-refractivity contribution in [3.05, 3.63) is 46.3 Å². The Balaban J connectivity index is 1.75. The minimum atomic E-state index is -0.386. The van der Waals surface area contributed by atoms with E-state index in [1.165, 1.54) is 11.3 Å². The highest BCUT2D eigenvalue weighted by Gasteiger charge is 2.18. The fourth-order valence-electron chi connectivity index (χ4n) is 2.55. The molecule has 6 nitrogen and oxygen atoms in total. The lowest BCUT2D eigenvalue weighted by atomic mass is 10.2. The normalized spacial score (nSPS) is 10.4. The van der Waals surface area contributed by atoms with Gasteiger partial charge in [0.25, 0.3) is 5.91 Å². The number of fused-ring (bicyclic) bond motifs is 1. The van der Waals surface area contributed by atoms with Crippen molar-refractivity contribution in [2.75, 3.05) is 26.6 Å². The third-order valence-electron chi connectivity index (χ3n) is 3.91. The first-order valence-corrected chi connectivity index (χ1v) is 9.67. The maximum Gasteiger partial charge on any atom is 0.269 e. The van der Waals surface area contributed by atoms with E-state index in [0.29, 0.717) is 32.8 Å². The molecular weight excluding hydrogens is 420 g/mol. The van der Waals surface area contributed by atoms with Crippen molar-refractivity contribution in [2.45, 2.75) is 0 Å². The lowest BCUT2D eigenvalue weighted by Crippen LogP contribution is -2.33. The molecule has 0 aliphatic carbocycles. The molecule has 0 radical (unpaired) electrons. The number of thiophene rings is 1. The van der Waals surface area contributed by atoms with Gasteiger partial charge in [0.05, 0.1) is 26.4 Å². The second kappa shape index (κ2) is 8.64. The minimum Gasteiger partial charge on any atom is -0.497 e. The maximum absolute atomic E-state index is 12.6. The number of ether oxygens (including phenoxy) is 3. The number of nitrogens with one attached hydrogen (secondary N) is 2. The summed E-state index contributed by atoms with van der Waals surface area (Å²) >= 11 is 12.9. The third-order valence-corrected chi connectivity index (χ3v) is 5.77. The number of methoxy groups -OCH3 is 3. The van der Waals surface area contributed by atoms with Gasteiger partial charge in [0.2, 0.25) is 0 Å². The molecule has 0 aliphatic heterocycles. The standard InChI is InChI=1S/C19H17ClN2O4S2/c1-24-11-5-6-12-15(9-11)28-17(16(12)20)18(23)22-19(27)21-10-4-7-13(25-2)14(8-10)26-3/h4-9H,1-3H3,(H2,21,22,23,27). The summed E-state index contributed by atoms with van der Waals surface area (Å²) in [7, 11) is 4.68. The van der Waals surface area contributed by atoms with Gasteiger partial charge in [-0.3, -0.25) is 10.1 Å². The van der Waals surface area contributed by atoms with E-state index in [2.05, 4.69) is 10.6 Å². The first kappa shape index (κ1) is 20.2. The number of carbonyl (C=O) groups excluding carboxylic acids is 1. The van der Waals surface area contributed by atoms with Gasteiger partial charge in [-0.2, -0.15) is 0 Å². The molecule has 28 heavy (non-hydrogen) atoms. The Morgan fingerprint density at radius 3 is 2.46 bits per heavy atom. The molecule has 1 aromatic heterocycles. The summed E-state index contributed by atoms with van der Waals surface area (Å²) in [5, 5.41) is 6.90. The Hall–Kier alpha value is -2.55. The highest BCUT2D eigenvalue weighted by Crippen LogP contribution is 2.37. The van der Waals surface area contributed by atoms with Gasteiger partial charge in [-0.1, -0.05) is 11.6 Å². The fraction of sp³-hybridized carbons (Fsp3) is 0.158. The second-order valence-corrected chi connectivity index (χ2v) is 7.42. The van der Waals surface area contributed by atoms with Crippen LogP contribution in [0.5, 0.6) is 17.2 Å². The number of hydrogen-bond donors (Lipinski definition) is 2. The molecule has 1 amide bonds. The summed E-state index contributed by atoms with van der Waals surface area (Å²) in [6.07, 6.45) is 0. The summed E-state index contributed by atoms with van der Waals surface area (Å²) in [5.74, 6) is 1.45. The van der Waals surface area contributed by atoms with E-state index in [1.54, 1.807) is 45.6 Å². The highest BCUT2D eigenvalue weighted by molar-refractivity contribution is 7.80. The fourth-order valence-corrected chi connectivity index (χ4v) is 4.21. The highest BCUT2D eigenvalue weighted by atomic mass is 35.5. The van der Waals surface area contributed by atoms with E-state index in [4.69, 9.17) is 38.0 Å². The van der Waals surface area contributed by atoms with Crippen LogP contribution >= 0.6 is 35.2 Å². The van der Waals surface area contributed by atoms with Gasteiger partial charge in [-0.25, -0.2) is 0 Å². The van der Waals surface area contributed by atoms with Crippen molar-refractivity contribution in [1.82, 2.24) is 5.32 Å². The Morgan fingerprint density at radius 1 is 1.04 bits per heavy atom. The van der Waals surface area contributed by atoms with Crippen molar-refractivity contribution in [3.63, 3.8) is 0 Å². The van der Waals surface area contributed by atoms with Crippen LogP contribution in [-0.2, 0) is 0 Å². The SMILES string of the molecule is COc1ccc2c(Cl)c(C(=O)NC(=S)Nc3ccc(OC)c(OC)c3)sc2c1. The van der Waals surface area contributed by atoms with Crippen molar-refractivity contribution in [1.29, 1.82) is 0 Å². The van der Waals surface area contributed by atoms with Crippen molar-refractivity contribution < 1.29 is 19.0 Å². The van der Waals surface area contributed by atoms with Gasteiger partial charge in [-0.15, -0.1) is 11.3 Å². The van der Waals surface area contributed by atoms with Gasteiger partial charge >= 0.3 is 0 Å². The molecule has 9 heteroatoms. The number of thiocarbonyl (C=S) groups is 1. The average molecular weight is 437 g/mol. The number of carbonyl (C=O) groups is 1. The van der Waals surface area contributed by atoms with E-state index in [-0.39, 0.29) is 11.0 Å². The first-order valence-electron chi connectivity index (χ1n) is 8.07. The lowest BCUT2D eigenvalue weighted by Gasteiger charge is -2.12. The first-order chi connectivity index (χ1) is 13.5. The average Bonchev–Trinajstić information content (AvgIpc) is 3.03. The molecule has 1 heterocycles. The Kier molecular flexibility index (Phi) is 6.23. The molecule has 0 spiro atoms. The van der Waals surface area contributed by atoms with E-state index in [0.717, 1.165) is 10.1 Å². The van der Waals surface area contributed by atoms with Crippen molar-refractivity contribution in [2.24, 2.45) is 0 Å². The monoisotopic (exact) mass is 436 g/mol. The van der Waals surface area contributed by atoms with Crippen LogP contribution in [0.3, 0.4) is 0 Å². The van der Waals surface area contributed by atoms with Crippen LogP contribution in [0, 0.1) is 0 Å². The lowest BCUT2D eigenvalue weighted by molar-refractivity contribution is 0.0982. The molecule has 0 fully saturated rings. The molecule has 146 valence electrons. The number of anilines is 1. The molecule has 0 saturated heterocycles. The van der Waals surface area contributed by atoms with Crippen LogP contribution in [0.1, 0.15) is 9.67 Å². The molecular formula is C19H17ClN2O4S2. The zero-order valence-electron chi connectivity index (χ0n) is 15.3. The Bertz CT molecular complexity index is 1050. The number of hydrogen-bond acceptors (Lipinski definition) is 6. The number of amides is 1. The van der Waals surface area contributed by atoms with E-state index in [9.17, 15) is 4.79 Å². The van der Waals surface area contributed by atoms with Gasteiger partial charge in [0.1, 0.15) is 10.6 Å². The molecule has 3 rings (SSSR count). The molecule has 0 aliphatic rings. The van der Waals surface area contributed by atoms with Gasteiger partial charge < -0.3 is 19.5 Å². The summed E-state index contributed by atoms with van der Waals surface area (Å²) in [6.45, 7) is 0. The van der Waals surface area contributed by atoms with E-state index < -0.39 is 0 Å². The second-order valence-electron chi connectivity index (χ2n) is 5.59.